The van der Waals surface area contributed by atoms with Gasteiger partial charge in [0.2, 0.25) is 0 Å². The number of rotatable bonds is 2. The van der Waals surface area contributed by atoms with Gasteiger partial charge >= 0.3 is 6.18 Å². The van der Waals surface area contributed by atoms with E-state index in [1.807, 2.05) is 19.1 Å². The summed E-state index contributed by atoms with van der Waals surface area (Å²) in [5.74, 6) is 0. The maximum atomic E-state index is 12.5. The highest BCUT2D eigenvalue weighted by Gasteiger charge is 2.30. The Morgan fingerprint density at radius 1 is 1.00 bits per heavy atom. The molecule has 0 spiro atoms. The van der Waals surface area contributed by atoms with Gasteiger partial charge in [-0.2, -0.15) is 13.2 Å². The number of benzene rings is 2. The third-order valence-electron chi connectivity index (χ3n) is 2.77. The number of hydrogen-bond acceptors (Lipinski definition) is 1. The molecule has 0 aliphatic carbocycles. The zero-order valence-corrected chi connectivity index (χ0v) is 10.9. The summed E-state index contributed by atoms with van der Waals surface area (Å²) in [7, 11) is -0.149. The standard InChI is InChI=1S/C14H10F3OP/c1-9-2-7-13(19-18)12(8-9)10-3-5-11(6-4-10)14(15,16)17/h2-8H,1H3. The Kier molecular flexibility index (Phi) is 3.72. The molecule has 0 aliphatic heterocycles. The Morgan fingerprint density at radius 3 is 2.16 bits per heavy atom. The van der Waals surface area contributed by atoms with Crippen LogP contribution in [0.3, 0.4) is 0 Å². The fourth-order valence-electron chi connectivity index (χ4n) is 1.80. The molecule has 0 radical (unpaired) electrons. The fourth-order valence-corrected chi connectivity index (χ4v) is 2.23. The summed E-state index contributed by atoms with van der Waals surface area (Å²) >= 11 is 0. The Balaban J connectivity index is 2.48. The van der Waals surface area contributed by atoms with Crippen LogP contribution in [-0.4, -0.2) is 0 Å². The summed E-state index contributed by atoms with van der Waals surface area (Å²) in [6.45, 7) is 1.87. The van der Waals surface area contributed by atoms with E-state index in [0.717, 1.165) is 17.7 Å². The highest BCUT2D eigenvalue weighted by Crippen LogP contribution is 2.31. The molecule has 1 nitrogen and oxygen atoms in total. The summed E-state index contributed by atoms with van der Waals surface area (Å²) in [5, 5.41) is 0.561. The molecule has 2 aromatic rings. The van der Waals surface area contributed by atoms with Crippen molar-refractivity contribution in [2.24, 2.45) is 0 Å². The van der Waals surface area contributed by atoms with E-state index in [0.29, 0.717) is 16.4 Å². The molecule has 0 atom stereocenters. The molecular formula is C14H10F3OP. The number of aryl methyl sites for hydroxylation is 1. The molecule has 98 valence electrons. The normalized spacial score (nSPS) is 11.8. The van der Waals surface area contributed by atoms with E-state index >= 15 is 0 Å². The molecule has 0 amide bonds. The van der Waals surface area contributed by atoms with Crippen molar-refractivity contribution in [2.45, 2.75) is 13.1 Å². The van der Waals surface area contributed by atoms with Crippen LogP contribution in [0.15, 0.2) is 42.5 Å². The molecule has 19 heavy (non-hydrogen) atoms. The summed E-state index contributed by atoms with van der Waals surface area (Å²) in [6, 6.07) is 10.2. The summed E-state index contributed by atoms with van der Waals surface area (Å²) in [4.78, 5) is 0. The molecular weight excluding hydrogens is 272 g/mol. The number of alkyl halides is 3. The van der Waals surface area contributed by atoms with E-state index in [2.05, 4.69) is 0 Å². The predicted octanol–water partition coefficient (Wildman–Crippen LogP) is 4.60. The molecule has 0 fully saturated rings. The highest BCUT2D eigenvalue weighted by molar-refractivity contribution is 7.34. The quantitative estimate of drug-likeness (QED) is 0.736. The van der Waals surface area contributed by atoms with Gasteiger partial charge in [0.25, 0.3) is 0 Å². The first-order chi connectivity index (χ1) is 8.91. The van der Waals surface area contributed by atoms with Gasteiger partial charge in [0.05, 0.1) is 10.9 Å². The maximum Gasteiger partial charge on any atom is 0.416 e. The lowest BCUT2D eigenvalue weighted by Crippen LogP contribution is -2.04. The van der Waals surface area contributed by atoms with Crippen LogP contribution >= 0.6 is 8.46 Å². The lowest BCUT2D eigenvalue weighted by Gasteiger charge is -2.09. The van der Waals surface area contributed by atoms with Gasteiger partial charge in [0, 0.05) is 0 Å². The second-order valence-electron chi connectivity index (χ2n) is 4.19. The van der Waals surface area contributed by atoms with Crippen LogP contribution in [0.4, 0.5) is 13.2 Å². The zero-order valence-electron chi connectivity index (χ0n) is 10.0. The largest absolute Gasteiger partial charge is 0.416 e. The molecule has 0 aromatic heterocycles. The van der Waals surface area contributed by atoms with E-state index in [9.17, 15) is 17.7 Å². The van der Waals surface area contributed by atoms with Crippen LogP contribution in [0.2, 0.25) is 0 Å². The van der Waals surface area contributed by atoms with E-state index in [1.165, 1.54) is 12.1 Å². The Labute approximate surface area is 110 Å². The van der Waals surface area contributed by atoms with Gasteiger partial charge in [0.15, 0.2) is 8.46 Å². The molecule has 0 unspecified atom stereocenters. The Morgan fingerprint density at radius 2 is 1.63 bits per heavy atom. The predicted molar refractivity (Wildman–Crippen MR) is 68.9 cm³/mol. The minimum absolute atomic E-state index is 0.149. The molecule has 5 heteroatoms. The third kappa shape index (κ3) is 3.02. The molecule has 2 aromatic carbocycles. The second-order valence-corrected chi connectivity index (χ2v) is 4.85. The van der Waals surface area contributed by atoms with Gasteiger partial charge in [0.1, 0.15) is 0 Å². The topological polar surface area (TPSA) is 17.1 Å². The van der Waals surface area contributed by atoms with E-state index < -0.39 is 11.7 Å². The average molecular weight is 282 g/mol. The Hall–Kier alpha value is -1.67. The van der Waals surface area contributed by atoms with Crippen LogP contribution in [0.1, 0.15) is 11.1 Å². The lowest BCUT2D eigenvalue weighted by atomic mass is 10.0. The molecule has 0 heterocycles. The van der Waals surface area contributed by atoms with Gasteiger partial charge in [-0.25, -0.2) is 0 Å². The van der Waals surface area contributed by atoms with Crippen molar-refractivity contribution >= 4 is 13.8 Å². The van der Waals surface area contributed by atoms with Crippen molar-refractivity contribution < 1.29 is 17.7 Å². The van der Waals surface area contributed by atoms with Crippen LogP contribution in [-0.2, 0) is 10.7 Å². The van der Waals surface area contributed by atoms with Crippen molar-refractivity contribution in [3.63, 3.8) is 0 Å². The van der Waals surface area contributed by atoms with Crippen LogP contribution in [0.5, 0.6) is 0 Å². The second kappa shape index (κ2) is 5.14. The van der Waals surface area contributed by atoms with E-state index in [1.54, 1.807) is 6.07 Å². The van der Waals surface area contributed by atoms with Crippen molar-refractivity contribution in [1.82, 2.24) is 0 Å². The van der Waals surface area contributed by atoms with Crippen molar-refractivity contribution in [2.75, 3.05) is 0 Å². The first-order valence-corrected chi connectivity index (χ1v) is 6.34. The maximum absolute atomic E-state index is 12.5. The summed E-state index contributed by atoms with van der Waals surface area (Å²) in [5.41, 5.74) is 1.58. The van der Waals surface area contributed by atoms with Crippen LogP contribution in [0.25, 0.3) is 11.1 Å². The van der Waals surface area contributed by atoms with Gasteiger partial charge in [-0.3, -0.25) is 4.57 Å². The first-order valence-electron chi connectivity index (χ1n) is 5.53. The van der Waals surface area contributed by atoms with Gasteiger partial charge < -0.3 is 0 Å². The SMILES string of the molecule is Cc1ccc(P=O)c(-c2ccc(C(F)(F)F)cc2)c1. The third-order valence-corrected chi connectivity index (χ3v) is 3.36. The lowest BCUT2D eigenvalue weighted by molar-refractivity contribution is -0.137. The van der Waals surface area contributed by atoms with E-state index in [-0.39, 0.29) is 8.46 Å². The smallest absolute Gasteiger partial charge is 0.269 e. The summed E-state index contributed by atoms with van der Waals surface area (Å²) in [6.07, 6.45) is -4.34. The van der Waals surface area contributed by atoms with Gasteiger partial charge in [-0.1, -0.05) is 29.8 Å². The minimum Gasteiger partial charge on any atom is -0.269 e. The number of halogens is 3. The fraction of sp³-hybridized carbons (Fsp3) is 0.143. The van der Waals surface area contributed by atoms with Crippen LogP contribution in [0, 0.1) is 6.92 Å². The average Bonchev–Trinajstić information content (AvgIpc) is 2.38. The van der Waals surface area contributed by atoms with E-state index in [4.69, 9.17) is 0 Å². The number of hydrogen-bond donors (Lipinski definition) is 0. The van der Waals surface area contributed by atoms with Crippen molar-refractivity contribution in [3.8, 4) is 11.1 Å². The monoisotopic (exact) mass is 282 g/mol. The molecule has 0 saturated heterocycles. The zero-order chi connectivity index (χ0) is 14.0. The van der Waals surface area contributed by atoms with Gasteiger partial charge in [-0.15, -0.1) is 0 Å². The summed E-state index contributed by atoms with van der Waals surface area (Å²) < 4.78 is 48.5. The molecule has 2 rings (SSSR count). The van der Waals surface area contributed by atoms with Crippen LogP contribution < -0.4 is 5.30 Å². The first kappa shape index (κ1) is 13.8. The highest BCUT2D eigenvalue weighted by atomic mass is 31.1. The molecule has 0 bridgehead atoms. The molecule has 0 N–H and O–H groups in total. The van der Waals surface area contributed by atoms with Crippen molar-refractivity contribution in [3.05, 3.63) is 53.6 Å². The van der Waals surface area contributed by atoms with Crippen molar-refractivity contribution in [1.29, 1.82) is 0 Å². The molecule has 0 aliphatic rings. The molecule has 0 saturated carbocycles. The van der Waals surface area contributed by atoms with Gasteiger partial charge in [-0.05, 0) is 36.2 Å². The Bertz CT molecular complexity index is 603. The minimum atomic E-state index is -4.34.